The van der Waals surface area contributed by atoms with E-state index in [4.69, 9.17) is 0 Å². The number of aryl methyl sites for hydroxylation is 1. The molecule has 0 radical (unpaired) electrons. The summed E-state index contributed by atoms with van der Waals surface area (Å²) < 4.78 is 42.4. The number of nitrogens with one attached hydrogen (secondary N) is 2. The quantitative estimate of drug-likeness (QED) is 0.639. The van der Waals surface area contributed by atoms with Gasteiger partial charge in [0.1, 0.15) is 17.9 Å². The number of carbonyl (C=O) groups excluding carboxylic acids is 2. The Morgan fingerprint density at radius 2 is 1.76 bits per heavy atom. The van der Waals surface area contributed by atoms with Crippen LogP contribution in [0.5, 0.6) is 0 Å². The number of hydrogen-bond donors (Lipinski definition) is 2. The predicted octanol–water partition coefficient (Wildman–Crippen LogP) is 2.80. The lowest BCUT2D eigenvalue weighted by atomic mass is 10.1. The van der Waals surface area contributed by atoms with Crippen molar-refractivity contribution in [2.45, 2.75) is 19.7 Å². The Labute approximate surface area is 163 Å². The summed E-state index contributed by atoms with van der Waals surface area (Å²) in [7, 11) is 0. The summed E-state index contributed by atoms with van der Waals surface area (Å²) in [5.41, 5.74) is 6.74. The fraction of sp³-hybridized carbons (Fsp3) is 0.211. The summed E-state index contributed by atoms with van der Waals surface area (Å²) in [6, 6.07) is 11.1. The van der Waals surface area contributed by atoms with Gasteiger partial charge >= 0.3 is 6.18 Å². The molecule has 0 atom stereocenters. The first kappa shape index (κ1) is 20.3. The van der Waals surface area contributed by atoms with Crippen LogP contribution in [0.25, 0.3) is 5.65 Å². The van der Waals surface area contributed by atoms with Gasteiger partial charge in [-0.25, -0.2) is 4.98 Å². The number of ether oxygens (including phenoxy) is 1. The van der Waals surface area contributed by atoms with Crippen LogP contribution in [0.4, 0.5) is 13.2 Å². The molecule has 7 nitrogen and oxygen atoms in total. The number of nitrogens with zero attached hydrogens (tertiary/aromatic N) is 2. The molecule has 10 heteroatoms. The summed E-state index contributed by atoms with van der Waals surface area (Å²) in [5.74, 6) is -1.11. The molecule has 2 aromatic heterocycles. The number of rotatable bonds is 5. The fourth-order valence-electron chi connectivity index (χ4n) is 2.67. The van der Waals surface area contributed by atoms with Gasteiger partial charge in [0, 0.05) is 11.8 Å². The maximum Gasteiger partial charge on any atom is 0.411 e. The molecule has 0 unspecified atom stereocenters. The molecule has 2 heterocycles. The second kappa shape index (κ2) is 8.31. The van der Waals surface area contributed by atoms with E-state index in [1.807, 2.05) is 0 Å². The molecule has 3 aromatic rings. The third kappa shape index (κ3) is 5.11. The third-order valence-corrected chi connectivity index (χ3v) is 3.96. The van der Waals surface area contributed by atoms with Crippen LogP contribution in [0, 0.1) is 6.92 Å². The highest BCUT2D eigenvalue weighted by Crippen LogP contribution is 2.16. The molecule has 0 aliphatic carbocycles. The van der Waals surface area contributed by atoms with E-state index >= 15 is 0 Å². The van der Waals surface area contributed by atoms with Crippen molar-refractivity contribution in [1.29, 1.82) is 0 Å². The fourth-order valence-corrected chi connectivity index (χ4v) is 2.67. The van der Waals surface area contributed by atoms with Crippen molar-refractivity contribution < 1.29 is 27.5 Å². The Morgan fingerprint density at radius 1 is 1.07 bits per heavy atom. The summed E-state index contributed by atoms with van der Waals surface area (Å²) in [4.78, 5) is 28.9. The first-order valence-electron chi connectivity index (χ1n) is 8.52. The van der Waals surface area contributed by atoms with Crippen LogP contribution in [0.15, 0.2) is 48.7 Å². The lowest BCUT2D eigenvalue weighted by Gasteiger charge is -2.09. The van der Waals surface area contributed by atoms with Gasteiger partial charge < -0.3 is 4.74 Å². The van der Waals surface area contributed by atoms with E-state index in [1.165, 1.54) is 24.3 Å². The van der Waals surface area contributed by atoms with Crippen LogP contribution in [-0.4, -0.2) is 34.0 Å². The second-order valence-corrected chi connectivity index (χ2v) is 6.19. The molecule has 3 rings (SSSR count). The molecule has 0 fully saturated rings. The molecule has 0 saturated carbocycles. The van der Waals surface area contributed by atoms with Crippen LogP contribution in [0.3, 0.4) is 0 Å². The SMILES string of the molecule is Cc1nc2ccccn2c1C(=O)NNC(=O)c1ccc(COCC(F)(F)F)cc1. The van der Waals surface area contributed by atoms with Gasteiger partial charge in [-0.1, -0.05) is 18.2 Å². The number of amides is 2. The molecule has 0 bridgehead atoms. The zero-order valence-electron chi connectivity index (χ0n) is 15.3. The number of aromatic nitrogens is 2. The summed E-state index contributed by atoms with van der Waals surface area (Å²) in [6.45, 7) is 0.110. The zero-order chi connectivity index (χ0) is 21.0. The molecule has 29 heavy (non-hydrogen) atoms. The van der Waals surface area contributed by atoms with Gasteiger partial charge in [-0.2, -0.15) is 13.2 Å². The van der Waals surface area contributed by atoms with Crippen molar-refractivity contribution in [2.24, 2.45) is 0 Å². The van der Waals surface area contributed by atoms with E-state index < -0.39 is 24.6 Å². The number of imidazole rings is 1. The third-order valence-electron chi connectivity index (χ3n) is 3.96. The number of fused-ring (bicyclic) bond motifs is 1. The first-order valence-corrected chi connectivity index (χ1v) is 8.52. The van der Waals surface area contributed by atoms with E-state index in [0.29, 0.717) is 16.9 Å². The molecule has 0 aliphatic rings. The normalized spacial score (nSPS) is 11.4. The smallest absolute Gasteiger partial charge is 0.367 e. The largest absolute Gasteiger partial charge is 0.411 e. The van der Waals surface area contributed by atoms with Crippen molar-refractivity contribution in [2.75, 3.05) is 6.61 Å². The van der Waals surface area contributed by atoms with Crippen LogP contribution >= 0.6 is 0 Å². The number of pyridine rings is 1. The van der Waals surface area contributed by atoms with E-state index in [2.05, 4.69) is 20.6 Å². The number of carbonyl (C=O) groups is 2. The van der Waals surface area contributed by atoms with E-state index in [1.54, 1.807) is 35.7 Å². The number of halogens is 3. The number of alkyl halides is 3. The van der Waals surface area contributed by atoms with Gasteiger partial charge in [0.15, 0.2) is 0 Å². The van der Waals surface area contributed by atoms with Gasteiger partial charge in [0.2, 0.25) is 0 Å². The summed E-state index contributed by atoms with van der Waals surface area (Å²) in [6.07, 6.45) is -2.71. The Morgan fingerprint density at radius 3 is 2.45 bits per heavy atom. The highest BCUT2D eigenvalue weighted by Gasteiger charge is 2.27. The lowest BCUT2D eigenvalue weighted by molar-refractivity contribution is -0.176. The second-order valence-electron chi connectivity index (χ2n) is 6.19. The minimum absolute atomic E-state index is 0.222. The van der Waals surface area contributed by atoms with Gasteiger partial charge in [-0.3, -0.25) is 24.8 Å². The number of hydrogen-bond acceptors (Lipinski definition) is 4. The lowest BCUT2D eigenvalue weighted by Crippen LogP contribution is -2.42. The first-order chi connectivity index (χ1) is 13.7. The molecule has 0 aliphatic heterocycles. The standard InChI is InChI=1S/C19H17F3N4O3/c1-12-16(26-9-3-2-4-15(26)23-12)18(28)25-24-17(27)14-7-5-13(6-8-14)10-29-11-19(20,21)22/h2-9H,10-11H2,1H3,(H,24,27)(H,25,28). The maximum absolute atomic E-state index is 12.4. The van der Waals surface area contributed by atoms with Crippen molar-refractivity contribution in [3.05, 3.63) is 71.2 Å². The molecule has 0 saturated heterocycles. The average Bonchev–Trinajstić information content (AvgIpc) is 3.01. The Kier molecular flexibility index (Phi) is 5.83. The molecule has 0 spiro atoms. The molecule has 152 valence electrons. The van der Waals surface area contributed by atoms with Crippen molar-refractivity contribution >= 4 is 17.5 Å². The van der Waals surface area contributed by atoms with E-state index in [0.717, 1.165) is 0 Å². The molecule has 2 N–H and O–H groups in total. The number of hydrazine groups is 1. The van der Waals surface area contributed by atoms with Gasteiger partial charge in [-0.05, 0) is 36.8 Å². The summed E-state index contributed by atoms with van der Waals surface area (Å²) in [5, 5.41) is 0. The molecule has 1 aromatic carbocycles. The molecular formula is C19H17F3N4O3. The Bertz CT molecular complexity index is 1030. The molecular weight excluding hydrogens is 389 g/mol. The number of benzene rings is 1. The maximum atomic E-state index is 12.4. The monoisotopic (exact) mass is 406 g/mol. The minimum atomic E-state index is -4.39. The Hall–Kier alpha value is -3.40. The summed E-state index contributed by atoms with van der Waals surface area (Å²) >= 11 is 0. The van der Waals surface area contributed by atoms with Crippen LogP contribution < -0.4 is 10.9 Å². The highest BCUT2D eigenvalue weighted by atomic mass is 19.4. The van der Waals surface area contributed by atoms with Crippen molar-refractivity contribution in [3.63, 3.8) is 0 Å². The van der Waals surface area contributed by atoms with Gasteiger partial charge in [0.25, 0.3) is 11.8 Å². The predicted molar refractivity (Wildman–Crippen MR) is 97.0 cm³/mol. The molecule has 2 amide bonds. The van der Waals surface area contributed by atoms with E-state index in [9.17, 15) is 22.8 Å². The van der Waals surface area contributed by atoms with E-state index in [-0.39, 0.29) is 17.9 Å². The Balaban J connectivity index is 1.57. The van der Waals surface area contributed by atoms with Crippen LogP contribution in [-0.2, 0) is 11.3 Å². The zero-order valence-corrected chi connectivity index (χ0v) is 15.3. The van der Waals surface area contributed by atoms with Crippen LogP contribution in [0.2, 0.25) is 0 Å². The minimum Gasteiger partial charge on any atom is -0.367 e. The average molecular weight is 406 g/mol. The van der Waals surface area contributed by atoms with Crippen LogP contribution in [0.1, 0.15) is 32.1 Å². The van der Waals surface area contributed by atoms with Crippen molar-refractivity contribution in [3.8, 4) is 0 Å². The van der Waals surface area contributed by atoms with Gasteiger partial charge in [0.05, 0.1) is 12.3 Å². The van der Waals surface area contributed by atoms with Gasteiger partial charge in [-0.15, -0.1) is 0 Å². The van der Waals surface area contributed by atoms with Crippen molar-refractivity contribution in [1.82, 2.24) is 20.2 Å². The highest BCUT2D eigenvalue weighted by molar-refractivity contribution is 5.99. The topological polar surface area (TPSA) is 84.7 Å².